The third-order valence-corrected chi connectivity index (χ3v) is 4.30. The lowest BCUT2D eigenvalue weighted by Gasteiger charge is -2.13. The molecule has 0 bridgehead atoms. The highest BCUT2D eigenvalue weighted by atomic mass is 79.9. The van der Waals surface area contributed by atoms with Gasteiger partial charge in [0.2, 0.25) is 0 Å². The van der Waals surface area contributed by atoms with Crippen LogP contribution in [0.5, 0.6) is 5.75 Å². The van der Waals surface area contributed by atoms with E-state index < -0.39 is 0 Å². The Morgan fingerprint density at radius 1 is 1.14 bits per heavy atom. The molecule has 1 aliphatic rings. The average molecular weight is 346 g/mol. The van der Waals surface area contributed by atoms with Crippen LogP contribution in [0.25, 0.3) is 0 Å². The highest BCUT2D eigenvalue weighted by Gasteiger charge is 2.20. The van der Waals surface area contributed by atoms with Crippen LogP contribution < -0.4 is 10.1 Å². The van der Waals surface area contributed by atoms with Crippen molar-refractivity contribution >= 4 is 15.9 Å². The van der Waals surface area contributed by atoms with Gasteiger partial charge in [-0.25, -0.2) is 0 Å². The standard InChI is InChI=1S/C18H20BrNO/c1-13-6-7-16(19)10-18(13)21-12-15-5-3-2-4-14(15)11-20-17-8-9-17/h2-7,10,17,20H,8-9,11-12H2,1H3. The number of nitrogens with one attached hydrogen (secondary N) is 1. The fourth-order valence-corrected chi connectivity index (χ4v) is 2.64. The zero-order chi connectivity index (χ0) is 14.7. The Balaban J connectivity index is 1.67. The number of ether oxygens (including phenoxy) is 1. The first kappa shape index (κ1) is 14.6. The summed E-state index contributed by atoms with van der Waals surface area (Å²) in [6.45, 7) is 3.61. The molecule has 110 valence electrons. The highest BCUT2D eigenvalue weighted by Crippen LogP contribution is 2.25. The van der Waals surface area contributed by atoms with Gasteiger partial charge in [-0.2, -0.15) is 0 Å². The van der Waals surface area contributed by atoms with E-state index in [1.165, 1.54) is 24.0 Å². The largest absolute Gasteiger partial charge is 0.489 e. The Hall–Kier alpha value is -1.32. The molecule has 0 spiro atoms. The number of aryl methyl sites for hydroxylation is 1. The summed E-state index contributed by atoms with van der Waals surface area (Å²) < 4.78 is 7.06. The van der Waals surface area contributed by atoms with Crippen molar-refractivity contribution in [3.05, 3.63) is 63.6 Å². The SMILES string of the molecule is Cc1ccc(Br)cc1OCc1ccccc1CNC1CC1. The summed E-state index contributed by atoms with van der Waals surface area (Å²) in [5.74, 6) is 0.939. The number of rotatable bonds is 6. The Morgan fingerprint density at radius 3 is 2.67 bits per heavy atom. The van der Waals surface area contributed by atoms with Crippen molar-refractivity contribution in [2.24, 2.45) is 0 Å². The lowest BCUT2D eigenvalue weighted by atomic mass is 10.1. The first-order chi connectivity index (χ1) is 10.2. The van der Waals surface area contributed by atoms with Crippen molar-refractivity contribution in [1.29, 1.82) is 0 Å². The van der Waals surface area contributed by atoms with E-state index in [4.69, 9.17) is 4.74 Å². The van der Waals surface area contributed by atoms with Crippen molar-refractivity contribution < 1.29 is 4.74 Å². The molecule has 2 aromatic rings. The van der Waals surface area contributed by atoms with Crippen molar-refractivity contribution in [2.45, 2.75) is 39.0 Å². The van der Waals surface area contributed by atoms with Gasteiger partial charge in [0.15, 0.2) is 0 Å². The van der Waals surface area contributed by atoms with Gasteiger partial charge in [-0.3, -0.25) is 0 Å². The minimum Gasteiger partial charge on any atom is -0.489 e. The van der Waals surface area contributed by atoms with Gasteiger partial charge in [-0.1, -0.05) is 46.3 Å². The molecule has 0 aliphatic heterocycles. The molecule has 0 radical (unpaired) electrons. The maximum absolute atomic E-state index is 6.01. The molecule has 1 saturated carbocycles. The molecule has 0 unspecified atom stereocenters. The second-order valence-corrected chi connectivity index (χ2v) is 6.54. The van der Waals surface area contributed by atoms with Crippen molar-refractivity contribution in [1.82, 2.24) is 5.32 Å². The van der Waals surface area contributed by atoms with Crippen LogP contribution in [0.1, 0.15) is 29.5 Å². The van der Waals surface area contributed by atoms with Crippen LogP contribution in [-0.4, -0.2) is 6.04 Å². The van der Waals surface area contributed by atoms with E-state index in [0.29, 0.717) is 6.61 Å². The van der Waals surface area contributed by atoms with Crippen molar-refractivity contribution in [3.63, 3.8) is 0 Å². The molecule has 1 N–H and O–H groups in total. The summed E-state index contributed by atoms with van der Waals surface area (Å²) in [7, 11) is 0. The Labute approximate surface area is 134 Å². The van der Waals surface area contributed by atoms with E-state index >= 15 is 0 Å². The molecule has 2 aromatic carbocycles. The maximum Gasteiger partial charge on any atom is 0.123 e. The molecule has 3 heteroatoms. The van der Waals surface area contributed by atoms with Crippen LogP contribution in [0.15, 0.2) is 46.9 Å². The van der Waals surface area contributed by atoms with Crippen LogP contribution in [0, 0.1) is 6.92 Å². The van der Waals surface area contributed by atoms with Gasteiger partial charge in [-0.05, 0) is 48.6 Å². The second-order valence-electron chi connectivity index (χ2n) is 5.62. The first-order valence-corrected chi connectivity index (χ1v) is 8.21. The zero-order valence-electron chi connectivity index (χ0n) is 12.2. The van der Waals surface area contributed by atoms with Gasteiger partial charge in [0, 0.05) is 17.1 Å². The van der Waals surface area contributed by atoms with E-state index in [-0.39, 0.29) is 0 Å². The van der Waals surface area contributed by atoms with Gasteiger partial charge >= 0.3 is 0 Å². The van der Waals surface area contributed by atoms with Gasteiger partial charge < -0.3 is 10.1 Å². The quantitative estimate of drug-likeness (QED) is 0.826. The molecule has 1 aliphatic carbocycles. The summed E-state index contributed by atoms with van der Waals surface area (Å²) in [5, 5.41) is 3.57. The number of halogens is 1. The molecule has 1 fully saturated rings. The molecule has 0 aromatic heterocycles. The normalized spacial score (nSPS) is 14.2. The van der Waals surface area contributed by atoms with Gasteiger partial charge in [0.25, 0.3) is 0 Å². The molecular formula is C18H20BrNO. The van der Waals surface area contributed by atoms with E-state index in [1.54, 1.807) is 0 Å². The minimum absolute atomic E-state index is 0.611. The van der Waals surface area contributed by atoms with E-state index in [9.17, 15) is 0 Å². The third kappa shape index (κ3) is 4.08. The van der Waals surface area contributed by atoms with E-state index in [1.807, 2.05) is 12.1 Å². The van der Waals surface area contributed by atoms with Crippen LogP contribution in [-0.2, 0) is 13.2 Å². The van der Waals surface area contributed by atoms with Crippen LogP contribution in [0.2, 0.25) is 0 Å². The van der Waals surface area contributed by atoms with Gasteiger partial charge in [0.05, 0.1) is 0 Å². The topological polar surface area (TPSA) is 21.3 Å². The molecule has 0 amide bonds. The second kappa shape index (κ2) is 6.63. The summed E-state index contributed by atoms with van der Waals surface area (Å²) in [5.41, 5.74) is 3.74. The van der Waals surface area contributed by atoms with Crippen LogP contribution >= 0.6 is 15.9 Å². The number of benzene rings is 2. The van der Waals surface area contributed by atoms with Crippen LogP contribution in [0.3, 0.4) is 0 Å². The minimum atomic E-state index is 0.611. The molecule has 21 heavy (non-hydrogen) atoms. The smallest absolute Gasteiger partial charge is 0.123 e. The Bertz CT molecular complexity index is 622. The molecule has 0 atom stereocenters. The predicted octanol–water partition coefficient (Wildman–Crippen LogP) is 4.59. The lowest BCUT2D eigenvalue weighted by molar-refractivity contribution is 0.302. The lowest BCUT2D eigenvalue weighted by Crippen LogP contribution is -2.16. The molecular weight excluding hydrogens is 326 g/mol. The summed E-state index contributed by atoms with van der Waals surface area (Å²) >= 11 is 3.49. The van der Waals surface area contributed by atoms with Gasteiger partial charge in [-0.15, -0.1) is 0 Å². The molecule has 3 rings (SSSR count). The Kier molecular flexibility index (Phi) is 4.61. The summed E-state index contributed by atoms with van der Waals surface area (Å²) in [6.07, 6.45) is 2.63. The van der Waals surface area contributed by atoms with Crippen LogP contribution in [0.4, 0.5) is 0 Å². The summed E-state index contributed by atoms with van der Waals surface area (Å²) in [6, 6.07) is 15.4. The fourth-order valence-electron chi connectivity index (χ4n) is 2.30. The summed E-state index contributed by atoms with van der Waals surface area (Å²) in [4.78, 5) is 0. The first-order valence-electron chi connectivity index (χ1n) is 7.41. The van der Waals surface area contributed by atoms with E-state index in [2.05, 4.69) is 58.5 Å². The zero-order valence-corrected chi connectivity index (χ0v) is 13.8. The number of hydrogen-bond acceptors (Lipinski definition) is 2. The Morgan fingerprint density at radius 2 is 1.90 bits per heavy atom. The average Bonchev–Trinajstić information content (AvgIpc) is 3.31. The molecule has 0 saturated heterocycles. The fraction of sp³-hybridized carbons (Fsp3) is 0.333. The molecule has 2 nitrogen and oxygen atoms in total. The van der Waals surface area contributed by atoms with Gasteiger partial charge in [0.1, 0.15) is 12.4 Å². The number of hydrogen-bond donors (Lipinski definition) is 1. The maximum atomic E-state index is 6.01. The third-order valence-electron chi connectivity index (χ3n) is 3.81. The highest BCUT2D eigenvalue weighted by molar-refractivity contribution is 9.10. The molecule has 0 heterocycles. The monoisotopic (exact) mass is 345 g/mol. The van der Waals surface area contributed by atoms with Crippen molar-refractivity contribution in [3.8, 4) is 5.75 Å². The van der Waals surface area contributed by atoms with E-state index in [0.717, 1.165) is 28.4 Å². The van der Waals surface area contributed by atoms with Crippen molar-refractivity contribution in [2.75, 3.05) is 0 Å². The predicted molar refractivity (Wildman–Crippen MR) is 89.5 cm³/mol.